The molecule has 15 rings (SSSR count). The largest absolute Gasteiger partial charge is 0.481 e. The maximum atomic E-state index is 20.1. The fourth-order valence-corrected chi connectivity index (χ4v) is 23.4. The number of pyridine rings is 6. The van der Waals surface area contributed by atoms with Gasteiger partial charge in [0, 0.05) is 177 Å². The molecule has 0 unspecified atom stereocenters. The number of hydrogen-bond acceptors (Lipinski definition) is 16. The average molecular weight is 1890 g/mol. The van der Waals surface area contributed by atoms with Crippen LogP contribution in [0.5, 0.6) is 0 Å². The van der Waals surface area contributed by atoms with Gasteiger partial charge in [-0.25, -0.2) is 32.7 Å². The second-order valence-corrected chi connectivity index (χ2v) is 42.3. The van der Waals surface area contributed by atoms with Gasteiger partial charge in [0.2, 0.25) is 0 Å². The Hall–Kier alpha value is -10.9. The van der Waals surface area contributed by atoms with Crippen molar-refractivity contribution in [3.8, 4) is 33.4 Å². The number of halogens is 12. The summed E-state index contributed by atoms with van der Waals surface area (Å²) in [6.45, 7) is 36.8. The summed E-state index contributed by atoms with van der Waals surface area (Å²) < 4.78 is 247. The molecule has 0 spiro atoms. The maximum absolute atomic E-state index is 20.1. The number of hydrogen-bond donors (Lipinski definition) is 0. The Morgan fingerprint density at radius 3 is 0.784 bits per heavy atom. The van der Waals surface area contributed by atoms with Crippen molar-refractivity contribution >= 4 is 58.0 Å². The maximum Gasteiger partial charge on any atom is 0.481 e. The molecule has 0 aliphatic carbocycles. The fourth-order valence-electron chi connectivity index (χ4n) is 20.5. The lowest BCUT2D eigenvalue weighted by Crippen LogP contribution is -2.61. The molecule has 12 heterocycles. The normalized spacial score (nSPS) is 15.6. The van der Waals surface area contributed by atoms with E-state index in [0.717, 1.165) is 31.9 Å². The summed E-state index contributed by atoms with van der Waals surface area (Å²) in [5.74, 6) is -4.63. The van der Waals surface area contributed by atoms with E-state index < -0.39 is 163 Å². The van der Waals surface area contributed by atoms with Gasteiger partial charge in [-0.15, -0.1) is 0 Å². The number of rotatable bonds is 21. The molecule has 3 aliphatic heterocycles. The van der Waals surface area contributed by atoms with E-state index in [1.807, 2.05) is 143 Å². The third-order valence-corrected chi connectivity index (χ3v) is 27.4. The van der Waals surface area contributed by atoms with Crippen LogP contribution in [0.25, 0.3) is 66.5 Å². The highest BCUT2D eigenvalue weighted by molar-refractivity contribution is 7.48. The number of fused-ring (bicyclic) bond motifs is 3. The second-order valence-electron chi connectivity index (χ2n) is 40.9. The molecule has 22 nitrogen and oxygen atoms in total. The smallest absolute Gasteiger partial charge is 0.378 e. The van der Waals surface area contributed by atoms with Crippen molar-refractivity contribution in [3.05, 3.63) is 247 Å². The Balaban J connectivity index is 1.02. The molecule has 3 aromatic carbocycles. The van der Waals surface area contributed by atoms with Gasteiger partial charge in [-0.2, -0.15) is 39.5 Å². The van der Waals surface area contributed by atoms with Crippen molar-refractivity contribution in [1.29, 1.82) is 0 Å². The van der Waals surface area contributed by atoms with Gasteiger partial charge in [0.05, 0.1) is 112 Å². The summed E-state index contributed by atoms with van der Waals surface area (Å²) >= 11 is 0. The third-order valence-electron chi connectivity index (χ3n) is 26.0. The molecular formula is C99H111F12N12O10P. The van der Waals surface area contributed by atoms with Crippen LogP contribution >= 0.6 is 7.82 Å². The summed E-state index contributed by atoms with van der Waals surface area (Å²) in [7, 11) is -6.05. The first-order chi connectivity index (χ1) is 62.4. The number of alkyl halides is 9. The zero-order valence-electron chi connectivity index (χ0n) is 78.1. The van der Waals surface area contributed by atoms with E-state index in [1.165, 1.54) is 55.0 Å². The average Bonchev–Trinajstić information content (AvgIpc) is 1.37. The highest BCUT2D eigenvalue weighted by Gasteiger charge is 2.68. The number of ether oxygens (including phenoxy) is 3. The molecule has 35 heteroatoms. The first-order valence-electron chi connectivity index (χ1n) is 44.3. The van der Waals surface area contributed by atoms with Gasteiger partial charge in [0.25, 0.3) is 16.7 Å². The minimum atomic E-state index is -6.05. The summed E-state index contributed by atoms with van der Waals surface area (Å²) in [5.41, 5.74) is -18.5. The standard InChI is InChI=1S/C99H111F12N12O10P/c1-88(2,3)97(89(4,5)6,121-58-73(70-49-67(52-112-85(70)121)115-34-40-128-41-35-115)61-28-31-118(79(124)46-61)55-64-22-19-25-76(82(64)100)94(103,104)105)131-134(127,132-98(90(7,8)9,91(10,11)12)122-59-74(71-50-68(53-113-86(71)122)116-36-42-129-43-37-116)62-29-32-119(80(125)47-62)56-65-23-20-26-77(83(65)101)95(106,107)108)133-99(92(13,14)15,93(16,17)18)123-60-75(72-51-69(54-114-87(72)123)117-38-44-130-45-39-117)63-30-33-120(81(126)48-63)57-66-24-21-27-78(84(66)102)96(109,110)111/h19-33,46-54,58-60H,34-45,55-57H2,1-18H3. The van der Waals surface area contributed by atoms with Gasteiger partial charge < -0.3 is 56.3 Å². The molecule has 12 aromatic rings. The van der Waals surface area contributed by atoms with E-state index in [0.29, 0.717) is 147 Å². The zero-order valence-corrected chi connectivity index (χ0v) is 79.0. The lowest BCUT2D eigenvalue weighted by Gasteiger charge is -2.59. The Morgan fingerprint density at radius 1 is 0.343 bits per heavy atom. The fraction of sp³-hybridized carbons (Fsp3) is 0.455. The van der Waals surface area contributed by atoms with Crippen molar-refractivity contribution < 1.29 is 85.0 Å². The number of morpholine rings is 3. The zero-order chi connectivity index (χ0) is 97.3. The quantitative estimate of drug-likeness (QED) is 0.0485. The van der Waals surface area contributed by atoms with Crippen LogP contribution in [0.15, 0.2) is 179 Å². The van der Waals surface area contributed by atoms with Crippen molar-refractivity contribution in [2.75, 3.05) is 93.6 Å². The summed E-state index contributed by atoms with van der Waals surface area (Å²) in [4.78, 5) is 67.1. The number of benzene rings is 3. The van der Waals surface area contributed by atoms with Gasteiger partial charge >= 0.3 is 26.4 Å². The first-order valence-corrected chi connectivity index (χ1v) is 45.8. The van der Waals surface area contributed by atoms with Crippen LogP contribution in [0.1, 0.15) is 158 Å². The van der Waals surface area contributed by atoms with Gasteiger partial charge in [0.1, 0.15) is 34.4 Å². The van der Waals surface area contributed by atoms with E-state index in [9.17, 15) is 53.9 Å². The molecule has 716 valence electrons. The van der Waals surface area contributed by atoms with Crippen LogP contribution in [-0.4, -0.2) is 121 Å². The van der Waals surface area contributed by atoms with Crippen molar-refractivity contribution in [2.24, 2.45) is 32.5 Å². The molecular weight excluding hydrogens is 1780 g/mol. The number of aromatic nitrogens is 9. The molecule has 3 aliphatic rings. The van der Waals surface area contributed by atoms with Crippen LogP contribution in [0.4, 0.5) is 69.7 Å². The lowest BCUT2D eigenvalue weighted by molar-refractivity contribution is -0.259. The van der Waals surface area contributed by atoms with E-state index in [1.54, 1.807) is 69.1 Å². The highest BCUT2D eigenvalue weighted by atomic mass is 31.2. The van der Waals surface area contributed by atoms with E-state index in [4.69, 9.17) is 42.7 Å². The van der Waals surface area contributed by atoms with Gasteiger partial charge in [-0.1, -0.05) is 161 Å². The van der Waals surface area contributed by atoms with E-state index in [-0.39, 0.29) is 33.6 Å². The summed E-state index contributed by atoms with van der Waals surface area (Å²) in [6, 6.07) is 22.8. The Bertz CT molecular complexity index is 6040. The summed E-state index contributed by atoms with van der Waals surface area (Å²) in [6.07, 6.45) is -0.855. The van der Waals surface area contributed by atoms with E-state index >= 15 is 17.7 Å². The predicted molar refractivity (Wildman–Crippen MR) is 490 cm³/mol. The Labute approximate surface area is 768 Å². The third kappa shape index (κ3) is 17.8. The van der Waals surface area contributed by atoms with Crippen molar-refractivity contribution in [1.82, 2.24) is 42.4 Å². The van der Waals surface area contributed by atoms with Crippen LogP contribution in [0.3, 0.4) is 0 Å². The number of anilines is 3. The van der Waals surface area contributed by atoms with Crippen LogP contribution in [0, 0.1) is 49.9 Å². The van der Waals surface area contributed by atoms with Crippen LogP contribution < -0.4 is 31.4 Å². The molecule has 3 saturated heterocycles. The molecule has 0 atom stereocenters. The monoisotopic (exact) mass is 1890 g/mol. The first kappa shape index (κ1) is 97.7. The number of phosphoric ester groups is 1. The van der Waals surface area contributed by atoms with Crippen LogP contribution in [0.2, 0.25) is 0 Å². The minimum Gasteiger partial charge on any atom is -0.378 e. The summed E-state index contributed by atoms with van der Waals surface area (Å²) in [5, 5.41) is 1.25. The van der Waals surface area contributed by atoms with E-state index in [2.05, 4.69) is 14.7 Å². The van der Waals surface area contributed by atoms with Crippen LogP contribution in [-0.2, 0) is 87.7 Å². The number of nitrogens with zero attached hydrogens (tertiary/aromatic N) is 12. The Kier molecular flexibility index (Phi) is 25.5. The lowest BCUT2D eigenvalue weighted by atomic mass is 9.68. The molecule has 3 fully saturated rings. The SMILES string of the molecule is CC(C)(C)C(OP(=O)(OC(n1cc(-c2ccn(Cc3cccc(C(F)(F)F)c3F)c(=O)c2)c2cc(N3CCOCC3)cnc21)(C(C)(C)C)C(C)(C)C)OC(n1cc(-c2ccn(Cc3cccc(C(F)(F)F)c3F)c(=O)c2)c2cc(N3CCOCC3)cnc21)(C(C)(C)C)C(C)(C)C)(n1cc(-c2ccn(Cc3cccc(C(F)(F)F)c3F)c(=O)c2)c2cc(N3CCOCC3)cnc21)C(C)(C)C. The highest BCUT2D eigenvalue weighted by Crippen LogP contribution is 2.73. The van der Waals surface area contributed by atoms with Crippen molar-refractivity contribution in [3.63, 3.8) is 0 Å². The Morgan fingerprint density at radius 2 is 0.575 bits per heavy atom. The topological polar surface area (TPSA) is 202 Å². The molecule has 9 aromatic heterocycles. The molecule has 0 amide bonds. The predicted octanol–water partition coefficient (Wildman–Crippen LogP) is 22.1. The molecule has 0 saturated carbocycles. The molecule has 134 heavy (non-hydrogen) atoms. The van der Waals surface area contributed by atoms with Crippen molar-refractivity contribution in [2.45, 2.75) is 180 Å². The second kappa shape index (κ2) is 35.0. The molecule has 0 bridgehead atoms. The molecule has 0 N–H and O–H groups in total. The van der Waals surface area contributed by atoms with Gasteiger partial charge in [0.15, 0.2) is 17.2 Å². The molecule has 0 radical (unpaired) electrons. The van der Waals surface area contributed by atoms with Gasteiger partial charge in [-0.3, -0.25) is 28.0 Å². The minimum absolute atomic E-state index is 0.200. The van der Waals surface area contributed by atoms with Gasteiger partial charge in [-0.05, 0) is 71.3 Å². The number of phosphoric acid groups is 1.